The van der Waals surface area contributed by atoms with Crippen molar-refractivity contribution in [2.45, 2.75) is 0 Å². The van der Waals surface area contributed by atoms with Gasteiger partial charge < -0.3 is 10.1 Å². The van der Waals surface area contributed by atoms with Crippen LogP contribution in [0.5, 0.6) is 5.75 Å². The lowest BCUT2D eigenvalue weighted by Crippen LogP contribution is -2.10. The summed E-state index contributed by atoms with van der Waals surface area (Å²) in [6, 6.07) is 13.0. The number of carbonyl (C=O) groups excluding carboxylic acids is 2. The van der Waals surface area contributed by atoms with Crippen LogP contribution in [0, 0.1) is 0 Å². The summed E-state index contributed by atoms with van der Waals surface area (Å²) in [5.74, 6) is -0.349. The highest BCUT2D eigenvalue weighted by Crippen LogP contribution is 2.19. The van der Waals surface area contributed by atoms with E-state index in [1.54, 1.807) is 30.3 Å². The molecule has 0 spiro atoms. The van der Waals surface area contributed by atoms with Crippen molar-refractivity contribution in [2.24, 2.45) is 0 Å². The predicted molar refractivity (Wildman–Crippen MR) is 92.9 cm³/mol. The van der Waals surface area contributed by atoms with Crippen LogP contribution in [0.4, 0.5) is 5.69 Å². The number of nitrogens with one attached hydrogen (secondary N) is 1. The van der Waals surface area contributed by atoms with Gasteiger partial charge in [0.2, 0.25) is 0 Å². The first-order chi connectivity index (χ1) is 11.6. The van der Waals surface area contributed by atoms with Crippen LogP contribution in [-0.2, 0) is 0 Å². The van der Waals surface area contributed by atoms with Crippen LogP contribution in [0.15, 0.2) is 60.1 Å². The smallest absolute Gasteiger partial charge is 0.343 e. The molecule has 0 atom stereocenters. The number of halogens is 1. The Hall–Kier alpha value is -2.70. The van der Waals surface area contributed by atoms with Gasteiger partial charge in [-0.3, -0.25) is 4.79 Å². The van der Waals surface area contributed by atoms with E-state index in [2.05, 4.69) is 10.3 Å². The maximum atomic E-state index is 12.0. The summed E-state index contributed by atoms with van der Waals surface area (Å²) in [5, 5.41) is 4.82. The van der Waals surface area contributed by atoms with Gasteiger partial charge in [0.1, 0.15) is 10.9 Å². The summed E-state index contributed by atoms with van der Waals surface area (Å²) in [4.78, 5) is 28.4. The first-order valence-electron chi connectivity index (χ1n) is 6.90. The zero-order chi connectivity index (χ0) is 16.9. The summed E-state index contributed by atoms with van der Waals surface area (Å²) >= 11 is 7.11. The topological polar surface area (TPSA) is 68.3 Å². The van der Waals surface area contributed by atoms with E-state index >= 15 is 0 Å². The fourth-order valence-corrected chi connectivity index (χ4v) is 2.70. The average Bonchev–Trinajstić information content (AvgIpc) is 3.11. The molecule has 120 valence electrons. The van der Waals surface area contributed by atoms with Crippen LogP contribution >= 0.6 is 22.9 Å². The van der Waals surface area contributed by atoms with Crippen molar-refractivity contribution < 1.29 is 14.3 Å². The maximum absolute atomic E-state index is 12.0. The minimum Gasteiger partial charge on any atom is -0.423 e. The van der Waals surface area contributed by atoms with Crippen molar-refractivity contribution >= 4 is 40.5 Å². The molecule has 3 aromatic rings. The van der Waals surface area contributed by atoms with Gasteiger partial charge >= 0.3 is 5.97 Å². The molecule has 2 aromatic heterocycles. The van der Waals surface area contributed by atoms with Crippen LogP contribution in [0.3, 0.4) is 0 Å². The Morgan fingerprint density at radius 1 is 1.12 bits per heavy atom. The second kappa shape index (κ2) is 7.25. The number of carbonyl (C=O) groups is 2. The van der Waals surface area contributed by atoms with E-state index in [-0.39, 0.29) is 11.1 Å². The molecule has 1 N–H and O–H groups in total. The Morgan fingerprint density at radius 3 is 2.58 bits per heavy atom. The molecule has 3 rings (SSSR count). The van der Waals surface area contributed by atoms with Gasteiger partial charge in [-0.2, -0.15) is 0 Å². The number of hydrogen-bond donors (Lipinski definition) is 1. The van der Waals surface area contributed by atoms with Crippen molar-refractivity contribution in [1.82, 2.24) is 4.98 Å². The van der Waals surface area contributed by atoms with E-state index < -0.39 is 5.97 Å². The van der Waals surface area contributed by atoms with E-state index in [1.165, 1.54) is 29.7 Å². The highest BCUT2D eigenvalue weighted by atomic mass is 35.5. The van der Waals surface area contributed by atoms with Gasteiger partial charge in [-0.05, 0) is 47.8 Å². The number of benzene rings is 1. The number of ether oxygens (including phenoxy) is 1. The van der Waals surface area contributed by atoms with Crippen LogP contribution in [0.1, 0.15) is 20.0 Å². The lowest BCUT2D eigenvalue weighted by molar-refractivity contribution is 0.0734. The third-order valence-electron chi connectivity index (χ3n) is 3.03. The van der Waals surface area contributed by atoms with E-state index in [4.69, 9.17) is 16.3 Å². The molecule has 5 nitrogen and oxygen atoms in total. The fraction of sp³-hybridized carbons (Fsp3) is 0. The molecule has 1 amide bonds. The van der Waals surface area contributed by atoms with E-state index in [9.17, 15) is 9.59 Å². The molecule has 0 saturated carbocycles. The van der Waals surface area contributed by atoms with Gasteiger partial charge in [-0.1, -0.05) is 17.7 Å². The fourth-order valence-electron chi connectivity index (χ4n) is 1.90. The molecule has 0 bridgehead atoms. The first-order valence-corrected chi connectivity index (χ1v) is 8.16. The highest BCUT2D eigenvalue weighted by Gasteiger charge is 2.10. The maximum Gasteiger partial charge on any atom is 0.343 e. The van der Waals surface area contributed by atoms with Gasteiger partial charge in [0.05, 0.1) is 10.4 Å². The van der Waals surface area contributed by atoms with E-state index in [0.717, 1.165) is 0 Å². The molecule has 0 radical (unpaired) electrons. The quantitative estimate of drug-likeness (QED) is 0.429. The molecule has 2 heterocycles. The van der Waals surface area contributed by atoms with Gasteiger partial charge in [0, 0.05) is 11.9 Å². The lowest BCUT2D eigenvalue weighted by Gasteiger charge is -2.07. The zero-order valence-corrected chi connectivity index (χ0v) is 13.8. The monoisotopic (exact) mass is 358 g/mol. The Kier molecular flexibility index (Phi) is 4.88. The van der Waals surface area contributed by atoms with Crippen molar-refractivity contribution in [3.8, 4) is 5.75 Å². The SMILES string of the molecule is O=C(Oc1ccc(NC(=O)c2cccs2)cc1)c1ccnc(Cl)c1. The minimum absolute atomic E-state index is 0.179. The number of esters is 1. The normalized spacial score (nSPS) is 10.2. The number of rotatable bonds is 4. The summed E-state index contributed by atoms with van der Waals surface area (Å²) in [6.07, 6.45) is 1.43. The van der Waals surface area contributed by atoms with E-state index in [0.29, 0.717) is 21.9 Å². The van der Waals surface area contributed by atoms with Gasteiger partial charge in [-0.25, -0.2) is 9.78 Å². The molecule has 1 aromatic carbocycles. The zero-order valence-electron chi connectivity index (χ0n) is 12.2. The van der Waals surface area contributed by atoms with Crippen molar-refractivity contribution in [3.63, 3.8) is 0 Å². The number of thiophene rings is 1. The lowest BCUT2D eigenvalue weighted by atomic mass is 10.2. The van der Waals surface area contributed by atoms with E-state index in [1.807, 2.05) is 11.4 Å². The second-order valence-electron chi connectivity index (χ2n) is 4.71. The molecule has 0 aliphatic rings. The molecular formula is C17H11ClN2O3S. The number of nitrogens with zero attached hydrogens (tertiary/aromatic N) is 1. The molecule has 0 aliphatic carbocycles. The van der Waals surface area contributed by atoms with Gasteiger partial charge in [0.25, 0.3) is 5.91 Å². The first kappa shape index (κ1) is 16.2. The predicted octanol–water partition coefficient (Wildman–Crippen LogP) is 4.27. The third kappa shape index (κ3) is 3.98. The standard InChI is InChI=1S/C17H11ClN2O3S/c18-15-10-11(7-8-19-15)17(22)23-13-5-3-12(4-6-13)20-16(21)14-2-1-9-24-14/h1-10H,(H,20,21). The van der Waals surface area contributed by atoms with Crippen molar-refractivity contribution in [1.29, 1.82) is 0 Å². The third-order valence-corrected chi connectivity index (χ3v) is 4.11. The second-order valence-corrected chi connectivity index (χ2v) is 6.05. The van der Waals surface area contributed by atoms with Crippen LogP contribution in [-0.4, -0.2) is 16.9 Å². The van der Waals surface area contributed by atoms with Crippen LogP contribution in [0.2, 0.25) is 5.15 Å². The van der Waals surface area contributed by atoms with Crippen molar-refractivity contribution in [3.05, 3.63) is 75.7 Å². The minimum atomic E-state index is -0.533. The molecule has 0 aliphatic heterocycles. The summed E-state index contributed by atoms with van der Waals surface area (Å²) in [6.45, 7) is 0. The Morgan fingerprint density at radius 2 is 1.92 bits per heavy atom. The van der Waals surface area contributed by atoms with Crippen LogP contribution in [0.25, 0.3) is 0 Å². The van der Waals surface area contributed by atoms with Gasteiger partial charge in [0.15, 0.2) is 0 Å². The number of pyridine rings is 1. The molecule has 0 fully saturated rings. The van der Waals surface area contributed by atoms with Crippen LogP contribution < -0.4 is 10.1 Å². The number of anilines is 1. The Balaban J connectivity index is 1.64. The summed E-state index contributed by atoms with van der Waals surface area (Å²) in [7, 11) is 0. The molecule has 0 saturated heterocycles. The number of aromatic nitrogens is 1. The number of hydrogen-bond acceptors (Lipinski definition) is 5. The molecule has 0 unspecified atom stereocenters. The highest BCUT2D eigenvalue weighted by molar-refractivity contribution is 7.12. The summed E-state index contributed by atoms with van der Waals surface area (Å²) < 4.78 is 5.25. The summed E-state index contributed by atoms with van der Waals surface area (Å²) in [5.41, 5.74) is 0.922. The average molecular weight is 359 g/mol. The Labute approximate surface area is 146 Å². The molecule has 24 heavy (non-hydrogen) atoms. The largest absolute Gasteiger partial charge is 0.423 e. The van der Waals surface area contributed by atoms with Crippen molar-refractivity contribution in [2.75, 3.05) is 5.32 Å². The number of amides is 1. The molecule has 7 heteroatoms. The Bertz CT molecular complexity index is 864. The molecular weight excluding hydrogens is 348 g/mol. The van der Waals surface area contributed by atoms with Gasteiger partial charge in [-0.15, -0.1) is 11.3 Å².